The van der Waals surface area contributed by atoms with Gasteiger partial charge in [0, 0.05) is 10.4 Å². The van der Waals surface area contributed by atoms with Crippen molar-refractivity contribution >= 4 is 43.0 Å². The van der Waals surface area contributed by atoms with Crippen molar-refractivity contribution in [1.82, 2.24) is 0 Å². The second-order valence-electron chi connectivity index (χ2n) is 4.48. The number of phenolic OH excluding ortho intramolecular Hbond substituents is 1. The van der Waals surface area contributed by atoms with Crippen molar-refractivity contribution in [3.05, 3.63) is 38.0 Å². The van der Waals surface area contributed by atoms with Gasteiger partial charge in [-0.25, -0.2) is 8.42 Å². The summed E-state index contributed by atoms with van der Waals surface area (Å²) in [5.74, 6) is 0.105. The van der Waals surface area contributed by atoms with Gasteiger partial charge >= 0.3 is 0 Å². The first kappa shape index (κ1) is 15.3. The van der Waals surface area contributed by atoms with E-state index >= 15 is 0 Å². The molecule has 0 spiro atoms. The largest absolute Gasteiger partial charge is 0.507 e. The van der Waals surface area contributed by atoms with Crippen LogP contribution in [-0.4, -0.2) is 13.5 Å². The molecule has 2 N–H and O–H groups in total. The van der Waals surface area contributed by atoms with E-state index in [4.69, 9.17) is 0 Å². The quantitative estimate of drug-likeness (QED) is 0.853. The van der Waals surface area contributed by atoms with Crippen LogP contribution in [0, 0.1) is 20.8 Å². The molecular formula is C13H14BrNO3S2. The molecule has 20 heavy (non-hydrogen) atoms. The van der Waals surface area contributed by atoms with Gasteiger partial charge in [0.05, 0.1) is 9.47 Å². The zero-order chi connectivity index (χ0) is 15.1. The third-order valence-corrected chi connectivity index (χ3v) is 6.18. The van der Waals surface area contributed by atoms with Crippen LogP contribution in [-0.2, 0) is 10.0 Å². The molecule has 0 bridgehead atoms. The van der Waals surface area contributed by atoms with E-state index in [2.05, 4.69) is 20.7 Å². The molecule has 2 aromatic rings. The summed E-state index contributed by atoms with van der Waals surface area (Å²) in [5.41, 5.74) is 1.61. The number of hydrogen-bond acceptors (Lipinski definition) is 4. The first-order valence-electron chi connectivity index (χ1n) is 5.80. The molecule has 1 aromatic carbocycles. The van der Waals surface area contributed by atoms with Crippen molar-refractivity contribution in [2.24, 2.45) is 0 Å². The summed E-state index contributed by atoms with van der Waals surface area (Å²) in [4.78, 5) is 0.951. The highest BCUT2D eigenvalue weighted by atomic mass is 79.9. The highest BCUT2D eigenvalue weighted by Gasteiger charge is 2.21. The molecule has 4 nitrogen and oxygen atoms in total. The molecule has 0 saturated carbocycles. The zero-order valence-corrected chi connectivity index (χ0v) is 14.4. The molecule has 0 amide bonds. The van der Waals surface area contributed by atoms with Gasteiger partial charge in [0.25, 0.3) is 10.0 Å². The number of thiophene rings is 1. The van der Waals surface area contributed by atoms with Crippen molar-refractivity contribution in [3.63, 3.8) is 0 Å². The molecule has 1 aromatic heterocycles. The number of nitrogens with one attached hydrogen (secondary N) is 1. The number of halogens is 1. The van der Waals surface area contributed by atoms with E-state index < -0.39 is 10.0 Å². The Labute approximate surface area is 130 Å². The van der Waals surface area contributed by atoms with Crippen LogP contribution in [0.5, 0.6) is 5.75 Å². The topological polar surface area (TPSA) is 66.4 Å². The molecule has 0 aliphatic heterocycles. The monoisotopic (exact) mass is 375 g/mol. The van der Waals surface area contributed by atoms with E-state index in [1.165, 1.54) is 11.3 Å². The molecule has 0 atom stereocenters. The van der Waals surface area contributed by atoms with Crippen LogP contribution in [0.4, 0.5) is 5.69 Å². The minimum atomic E-state index is -3.66. The molecule has 0 radical (unpaired) electrons. The lowest BCUT2D eigenvalue weighted by Crippen LogP contribution is -2.14. The summed E-state index contributed by atoms with van der Waals surface area (Å²) in [7, 11) is -3.66. The van der Waals surface area contributed by atoms with Crippen molar-refractivity contribution < 1.29 is 13.5 Å². The molecule has 0 aliphatic rings. The zero-order valence-electron chi connectivity index (χ0n) is 11.2. The maximum absolute atomic E-state index is 12.4. The first-order chi connectivity index (χ1) is 9.22. The van der Waals surface area contributed by atoms with E-state index in [1.807, 2.05) is 0 Å². The lowest BCUT2D eigenvalue weighted by Gasteiger charge is -2.12. The normalized spacial score (nSPS) is 11.6. The molecule has 7 heteroatoms. The summed E-state index contributed by atoms with van der Waals surface area (Å²) in [6.07, 6.45) is 0. The van der Waals surface area contributed by atoms with Gasteiger partial charge in [0.15, 0.2) is 0 Å². The van der Waals surface area contributed by atoms with Crippen molar-refractivity contribution in [3.8, 4) is 5.75 Å². The van der Waals surface area contributed by atoms with Gasteiger partial charge in [-0.1, -0.05) is 6.07 Å². The Morgan fingerprint density at radius 1 is 1.25 bits per heavy atom. The number of sulfonamides is 1. The van der Waals surface area contributed by atoms with E-state index in [9.17, 15) is 13.5 Å². The smallest absolute Gasteiger partial charge is 0.263 e. The molecule has 108 valence electrons. The third-order valence-electron chi connectivity index (χ3n) is 3.01. The Kier molecular flexibility index (Phi) is 4.13. The lowest BCUT2D eigenvalue weighted by molar-refractivity contribution is 0.467. The standard InChI is InChI=1S/C13H14BrNO3S2/c1-7-4-5-10(8(2)13(7)16)15-20(17,18)11-6-12(14)19-9(11)3/h4-6,15-16H,1-3H3. The fourth-order valence-electron chi connectivity index (χ4n) is 1.84. The second kappa shape index (κ2) is 5.38. The number of hydrogen-bond donors (Lipinski definition) is 2. The van der Waals surface area contributed by atoms with Crippen LogP contribution in [0.1, 0.15) is 16.0 Å². The Morgan fingerprint density at radius 3 is 2.45 bits per heavy atom. The van der Waals surface area contributed by atoms with Gasteiger partial charge in [-0.2, -0.15) is 0 Å². The molecule has 0 unspecified atom stereocenters. The van der Waals surface area contributed by atoms with Crippen molar-refractivity contribution in [2.45, 2.75) is 25.7 Å². The fraction of sp³-hybridized carbons (Fsp3) is 0.231. The van der Waals surface area contributed by atoms with Crippen LogP contribution < -0.4 is 4.72 Å². The maximum Gasteiger partial charge on any atom is 0.263 e. The van der Waals surface area contributed by atoms with Crippen LogP contribution >= 0.6 is 27.3 Å². The third kappa shape index (κ3) is 2.84. The Bertz CT molecular complexity index is 766. The first-order valence-corrected chi connectivity index (χ1v) is 8.89. The predicted octanol–water partition coefficient (Wildman–Crippen LogP) is 3.94. The molecular weight excluding hydrogens is 362 g/mol. The van der Waals surface area contributed by atoms with E-state index in [0.29, 0.717) is 21.7 Å². The average molecular weight is 376 g/mol. The van der Waals surface area contributed by atoms with E-state index in [-0.39, 0.29) is 10.6 Å². The highest BCUT2D eigenvalue weighted by molar-refractivity contribution is 9.11. The van der Waals surface area contributed by atoms with Gasteiger partial charge in [-0.3, -0.25) is 4.72 Å². The van der Waals surface area contributed by atoms with E-state index in [0.717, 1.165) is 3.79 Å². The van der Waals surface area contributed by atoms with Crippen LogP contribution in [0.3, 0.4) is 0 Å². The summed E-state index contributed by atoms with van der Waals surface area (Å²) in [5, 5.41) is 9.87. The fourth-order valence-corrected chi connectivity index (χ4v) is 5.38. The number of phenols is 1. The number of aryl methyl sites for hydroxylation is 2. The molecule has 0 aliphatic carbocycles. The predicted molar refractivity (Wildman–Crippen MR) is 85.1 cm³/mol. The number of benzene rings is 1. The number of anilines is 1. The number of rotatable bonds is 3. The lowest BCUT2D eigenvalue weighted by atomic mass is 10.1. The van der Waals surface area contributed by atoms with Crippen LogP contribution in [0.15, 0.2) is 26.9 Å². The highest BCUT2D eigenvalue weighted by Crippen LogP contribution is 2.33. The summed E-state index contributed by atoms with van der Waals surface area (Å²) in [6, 6.07) is 4.90. The van der Waals surface area contributed by atoms with Crippen molar-refractivity contribution in [2.75, 3.05) is 4.72 Å². The Balaban J connectivity index is 2.44. The minimum Gasteiger partial charge on any atom is -0.507 e. The van der Waals surface area contributed by atoms with Gasteiger partial charge < -0.3 is 5.11 Å². The molecule has 0 fully saturated rings. The maximum atomic E-state index is 12.4. The summed E-state index contributed by atoms with van der Waals surface area (Å²) in [6.45, 7) is 5.20. The van der Waals surface area contributed by atoms with Gasteiger partial charge in [-0.15, -0.1) is 11.3 Å². The summed E-state index contributed by atoms with van der Waals surface area (Å²) < 4.78 is 28.0. The molecule has 1 heterocycles. The average Bonchev–Trinajstić information content (AvgIpc) is 2.70. The summed E-state index contributed by atoms with van der Waals surface area (Å²) >= 11 is 4.65. The SMILES string of the molecule is Cc1ccc(NS(=O)(=O)c2cc(Br)sc2C)c(C)c1O. The Hall–Kier alpha value is -1.05. The van der Waals surface area contributed by atoms with Gasteiger partial charge in [-0.05, 0) is 54.4 Å². The van der Waals surface area contributed by atoms with Gasteiger partial charge in [0.2, 0.25) is 0 Å². The van der Waals surface area contributed by atoms with Crippen LogP contribution in [0.2, 0.25) is 0 Å². The van der Waals surface area contributed by atoms with Crippen molar-refractivity contribution in [1.29, 1.82) is 0 Å². The van der Waals surface area contributed by atoms with Crippen LogP contribution in [0.25, 0.3) is 0 Å². The Morgan fingerprint density at radius 2 is 1.90 bits per heavy atom. The number of aromatic hydroxyl groups is 1. The second-order valence-corrected chi connectivity index (χ2v) is 8.77. The molecule has 0 saturated heterocycles. The minimum absolute atomic E-state index is 0.105. The molecule has 2 rings (SSSR count). The van der Waals surface area contributed by atoms with Gasteiger partial charge in [0.1, 0.15) is 10.6 Å². The van der Waals surface area contributed by atoms with E-state index in [1.54, 1.807) is 39.0 Å².